The Labute approximate surface area is 167 Å². The van der Waals surface area contributed by atoms with Gasteiger partial charge in [0.25, 0.3) is 5.91 Å². The molecule has 160 valence electrons. The molecule has 10 heteroatoms. The molecule has 0 unspecified atom stereocenters. The quantitative estimate of drug-likeness (QED) is 0.710. The Hall–Kier alpha value is -2.17. The third-order valence-electron chi connectivity index (χ3n) is 5.26. The van der Waals surface area contributed by atoms with Crippen LogP contribution >= 0.6 is 0 Å². The van der Waals surface area contributed by atoms with E-state index in [1.807, 2.05) is 0 Å². The molecule has 1 aliphatic carbocycles. The zero-order chi connectivity index (χ0) is 21.0. The van der Waals surface area contributed by atoms with Crippen LogP contribution in [0.15, 0.2) is 24.3 Å². The molecule has 1 atom stereocenters. The highest BCUT2D eigenvalue weighted by molar-refractivity contribution is 5.97. The van der Waals surface area contributed by atoms with Gasteiger partial charge < -0.3 is 20.7 Å². The molecule has 2 aliphatic rings. The van der Waals surface area contributed by atoms with Crippen LogP contribution in [-0.4, -0.2) is 67.8 Å². The fourth-order valence-electron chi connectivity index (χ4n) is 3.55. The van der Waals surface area contributed by atoms with E-state index in [4.69, 9.17) is 10.5 Å². The lowest BCUT2D eigenvalue weighted by Crippen LogP contribution is -2.57. The number of alkyl halides is 3. The Morgan fingerprint density at radius 2 is 2.00 bits per heavy atom. The molecule has 1 aromatic rings. The van der Waals surface area contributed by atoms with Gasteiger partial charge in [0.1, 0.15) is 12.6 Å². The molecule has 7 nitrogen and oxygen atoms in total. The summed E-state index contributed by atoms with van der Waals surface area (Å²) >= 11 is 0. The number of carbonyl (C=O) groups excluding carboxylic acids is 2. The largest absolute Gasteiger partial charge is 0.401 e. The Balaban J connectivity index is 1.67. The van der Waals surface area contributed by atoms with Crippen LogP contribution in [0.5, 0.6) is 0 Å². The fourth-order valence-corrected chi connectivity index (χ4v) is 3.55. The van der Waals surface area contributed by atoms with Gasteiger partial charge in [-0.1, -0.05) is 6.42 Å². The summed E-state index contributed by atoms with van der Waals surface area (Å²) in [5.74, 6) is -0.724. The molecular formula is C19H25F3N4O3. The number of halogens is 3. The van der Waals surface area contributed by atoms with Crippen molar-refractivity contribution in [3.63, 3.8) is 0 Å². The first-order valence-corrected chi connectivity index (χ1v) is 9.60. The molecule has 0 spiro atoms. The highest BCUT2D eigenvalue weighted by atomic mass is 19.4. The van der Waals surface area contributed by atoms with E-state index in [0.717, 1.165) is 6.42 Å². The first-order chi connectivity index (χ1) is 13.8. The topological polar surface area (TPSA) is 87.9 Å². The lowest BCUT2D eigenvalue weighted by atomic mass is 9.90. The second kappa shape index (κ2) is 9.10. The Morgan fingerprint density at radius 3 is 2.52 bits per heavy atom. The molecule has 1 aliphatic heterocycles. The van der Waals surface area contributed by atoms with Crippen molar-refractivity contribution in [3.05, 3.63) is 24.3 Å². The third kappa shape index (κ3) is 5.46. The summed E-state index contributed by atoms with van der Waals surface area (Å²) in [4.78, 5) is 27.3. The van der Waals surface area contributed by atoms with Crippen molar-refractivity contribution in [3.8, 4) is 0 Å². The summed E-state index contributed by atoms with van der Waals surface area (Å²) in [5, 5.41) is 2.65. The number of morpholine rings is 1. The highest BCUT2D eigenvalue weighted by Crippen LogP contribution is 2.30. The second-order valence-electron chi connectivity index (χ2n) is 7.26. The molecule has 3 N–H and O–H groups in total. The molecular weight excluding hydrogens is 389 g/mol. The molecule has 0 bridgehead atoms. The number of hydrogen-bond donors (Lipinski definition) is 2. The predicted octanol–water partition coefficient (Wildman–Crippen LogP) is 1.73. The number of hydrogen-bond acceptors (Lipinski definition) is 5. The van der Waals surface area contributed by atoms with Gasteiger partial charge in [0.15, 0.2) is 0 Å². The molecule has 2 amide bonds. The van der Waals surface area contributed by atoms with Crippen LogP contribution in [0.4, 0.5) is 24.5 Å². The van der Waals surface area contributed by atoms with E-state index in [-0.39, 0.29) is 25.1 Å². The van der Waals surface area contributed by atoms with Crippen molar-refractivity contribution in [1.82, 2.24) is 4.90 Å². The molecule has 3 rings (SSSR count). The van der Waals surface area contributed by atoms with Crippen LogP contribution < -0.4 is 16.0 Å². The number of carbonyl (C=O) groups is 2. The lowest BCUT2D eigenvalue weighted by molar-refractivity contribution is -0.162. The summed E-state index contributed by atoms with van der Waals surface area (Å²) in [6.45, 7) is -0.469. The van der Waals surface area contributed by atoms with Crippen LogP contribution in [-0.2, 0) is 14.3 Å². The number of benzene rings is 1. The summed E-state index contributed by atoms with van der Waals surface area (Å²) in [7, 11) is 0. The molecule has 1 heterocycles. The van der Waals surface area contributed by atoms with Crippen molar-refractivity contribution < 1.29 is 27.5 Å². The summed E-state index contributed by atoms with van der Waals surface area (Å²) in [6.07, 6.45) is -2.31. The molecule has 29 heavy (non-hydrogen) atoms. The van der Waals surface area contributed by atoms with E-state index < -0.39 is 24.7 Å². The Kier molecular flexibility index (Phi) is 6.76. The van der Waals surface area contributed by atoms with Gasteiger partial charge in [-0.3, -0.25) is 14.5 Å². The van der Waals surface area contributed by atoms with Gasteiger partial charge in [0.05, 0.1) is 13.2 Å². The van der Waals surface area contributed by atoms with Crippen molar-refractivity contribution in [2.24, 2.45) is 5.73 Å². The molecule has 1 aromatic carbocycles. The number of ether oxygens (including phenoxy) is 1. The molecule has 0 radical (unpaired) electrons. The minimum absolute atomic E-state index is 0.0207. The average molecular weight is 414 g/mol. The monoisotopic (exact) mass is 414 g/mol. The van der Waals surface area contributed by atoms with Gasteiger partial charge in [-0.05, 0) is 37.1 Å². The van der Waals surface area contributed by atoms with Gasteiger partial charge in [0.2, 0.25) is 5.91 Å². The minimum Gasteiger partial charge on any atom is -0.370 e. The van der Waals surface area contributed by atoms with E-state index in [1.54, 1.807) is 29.2 Å². The number of nitrogens with one attached hydrogen (secondary N) is 1. The van der Waals surface area contributed by atoms with Gasteiger partial charge in [-0.25, -0.2) is 0 Å². The first kappa shape index (κ1) is 21.5. The summed E-state index contributed by atoms with van der Waals surface area (Å²) in [6, 6.07) is 5.22. The van der Waals surface area contributed by atoms with Crippen molar-refractivity contribution >= 4 is 23.2 Å². The second-order valence-corrected chi connectivity index (χ2v) is 7.26. The molecule has 1 saturated heterocycles. The average Bonchev–Trinajstić information content (AvgIpc) is 2.61. The maximum Gasteiger partial charge on any atom is 0.401 e. The van der Waals surface area contributed by atoms with E-state index in [2.05, 4.69) is 5.32 Å². The maximum absolute atomic E-state index is 13.0. The maximum atomic E-state index is 13.0. The minimum atomic E-state index is -4.41. The van der Waals surface area contributed by atoms with Crippen molar-refractivity contribution in [1.29, 1.82) is 0 Å². The molecule has 0 aromatic heterocycles. The lowest BCUT2D eigenvalue weighted by Gasteiger charge is -2.41. The van der Waals surface area contributed by atoms with Gasteiger partial charge in [0, 0.05) is 30.5 Å². The Bertz CT molecular complexity index is 722. The third-order valence-corrected chi connectivity index (χ3v) is 5.26. The standard InChI is InChI=1S/C19H25F3N4O3/c20-19(21,22)12-26(14-2-1-3-14)16(10-23)18(28)24-13-4-6-15(7-5-13)25-8-9-29-11-17(25)27/h4-7,14,16H,1-3,8-12,23H2,(H,24,28)/t16-/m0/s1. The van der Waals surface area contributed by atoms with Crippen LogP contribution in [0.25, 0.3) is 0 Å². The van der Waals surface area contributed by atoms with E-state index in [9.17, 15) is 22.8 Å². The normalized spacial score (nSPS) is 19.2. The highest BCUT2D eigenvalue weighted by Gasteiger charge is 2.41. The fraction of sp³-hybridized carbons (Fsp3) is 0.579. The number of rotatable bonds is 7. The summed E-state index contributed by atoms with van der Waals surface area (Å²) < 4.78 is 44.1. The van der Waals surface area contributed by atoms with E-state index in [1.165, 1.54) is 4.90 Å². The summed E-state index contributed by atoms with van der Waals surface area (Å²) in [5.41, 5.74) is 6.77. The zero-order valence-corrected chi connectivity index (χ0v) is 16.0. The zero-order valence-electron chi connectivity index (χ0n) is 16.0. The smallest absolute Gasteiger partial charge is 0.370 e. The molecule has 1 saturated carbocycles. The van der Waals surface area contributed by atoms with Gasteiger partial charge in [-0.2, -0.15) is 13.2 Å². The van der Waals surface area contributed by atoms with Crippen molar-refractivity contribution in [2.75, 3.05) is 43.1 Å². The van der Waals surface area contributed by atoms with E-state index >= 15 is 0 Å². The number of nitrogens with zero attached hydrogens (tertiary/aromatic N) is 2. The van der Waals surface area contributed by atoms with Crippen LogP contribution in [0, 0.1) is 0 Å². The van der Waals surface area contributed by atoms with Crippen LogP contribution in [0.1, 0.15) is 19.3 Å². The van der Waals surface area contributed by atoms with Gasteiger partial charge >= 0.3 is 6.18 Å². The van der Waals surface area contributed by atoms with Crippen LogP contribution in [0.3, 0.4) is 0 Å². The Morgan fingerprint density at radius 1 is 1.31 bits per heavy atom. The van der Waals surface area contributed by atoms with Crippen molar-refractivity contribution in [2.45, 2.75) is 37.5 Å². The van der Waals surface area contributed by atoms with Gasteiger partial charge in [-0.15, -0.1) is 0 Å². The number of nitrogens with two attached hydrogens (primary N) is 1. The number of anilines is 2. The first-order valence-electron chi connectivity index (χ1n) is 9.60. The number of amides is 2. The SMILES string of the molecule is NC[C@@H](C(=O)Nc1ccc(N2CCOCC2=O)cc1)N(CC(F)(F)F)C1CCC1. The van der Waals surface area contributed by atoms with E-state index in [0.29, 0.717) is 37.4 Å². The molecule has 2 fully saturated rings. The van der Waals surface area contributed by atoms with Crippen LogP contribution in [0.2, 0.25) is 0 Å². The predicted molar refractivity (Wildman–Crippen MR) is 101 cm³/mol.